The second-order valence-electron chi connectivity index (χ2n) is 6.72. The molecule has 0 unspecified atom stereocenters. The smallest absolute Gasteiger partial charge is 0.191 e. The van der Waals surface area contributed by atoms with Gasteiger partial charge in [0.2, 0.25) is 0 Å². The molecule has 0 saturated heterocycles. The number of aryl methyl sites for hydroxylation is 3. The van der Waals surface area contributed by atoms with E-state index in [-0.39, 0.29) is 29.4 Å². The lowest BCUT2D eigenvalue weighted by Gasteiger charge is -2.28. The van der Waals surface area contributed by atoms with E-state index in [2.05, 4.69) is 72.6 Å². The van der Waals surface area contributed by atoms with Crippen molar-refractivity contribution < 1.29 is 0 Å². The predicted octanol–water partition coefficient (Wildman–Crippen LogP) is 4.33. The number of hydrogen-bond acceptors (Lipinski definition) is 3. The molecule has 2 rings (SSSR count). The fourth-order valence-electron chi connectivity index (χ4n) is 2.85. The topological polar surface area (TPSA) is 49.3 Å². The highest BCUT2D eigenvalue weighted by Crippen LogP contribution is 2.25. The maximum atomic E-state index is 4.47. The van der Waals surface area contributed by atoms with Crippen LogP contribution in [-0.4, -0.2) is 24.5 Å². The zero-order valence-corrected chi connectivity index (χ0v) is 19.1. The minimum absolute atomic E-state index is 0. The van der Waals surface area contributed by atoms with E-state index < -0.39 is 0 Å². The summed E-state index contributed by atoms with van der Waals surface area (Å²) in [6.45, 7) is 12.3. The van der Waals surface area contributed by atoms with Gasteiger partial charge in [-0.05, 0) is 31.9 Å². The summed E-state index contributed by atoms with van der Waals surface area (Å²) in [5.41, 5.74) is 3.81. The molecule has 2 aromatic rings. The molecular weight excluding hydrogens is 443 g/mol. The molecule has 0 aliphatic heterocycles. The summed E-state index contributed by atoms with van der Waals surface area (Å²) in [7, 11) is 1.81. The Morgan fingerprint density at radius 3 is 2.40 bits per heavy atom. The Morgan fingerprint density at radius 1 is 1.16 bits per heavy atom. The number of nitrogens with one attached hydrogen (secondary N) is 2. The van der Waals surface area contributed by atoms with Crippen molar-refractivity contribution in [2.75, 3.05) is 13.6 Å². The fourth-order valence-corrected chi connectivity index (χ4v) is 3.73. The number of halogens is 1. The van der Waals surface area contributed by atoms with Gasteiger partial charge in [-0.2, -0.15) is 0 Å². The number of thiazole rings is 1. The maximum Gasteiger partial charge on any atom is 0.191 e. The van der Waals surface area contributed by atoms with Crippen molar-refractivity contribution in [2.45, 2.75) is 46.6 Å². The largest absolute Gasteiger partial charge is 0.356 e. The minimum atomic E-state index is 0. The van der Waals surface area contributed by atoms with E-state index in [9.17, 15) is 0 Å². The third-order valence-corrected chi connectivity index (χ3v) is 5.28. The molecule has 2 N–H and O–H groups in total. The van der Waals surface area contributed by atoms with E-state index >= 15 is 0 Å². The van der Waals surface area contributed by atoms with Gasteiger partial charge in [-0.3, -0.25) is 4.99 Å². The van der Waals surface area contributed by atoms with Crippen molar-refractivity contribution in [1.29, 1.82) is 0 Å². The average Bonchev–Trinajstić information content (AvgIpc) is 2.85. The molecule has 0 radical (unpaired) electrons. The van der Waals surface area contributed by atoms with Crippen LogP contribution < -0.4 is 10.6 Å². The highest BCUT2D eigenvalue weighted by atomic mass is 127. The molecule has 25 heavy (non-hydrogen) atoms. The molecule has 4 nitrogen and oxygen atoms in total. The molecule has 0 amide bonds. The molecule has 0 bridgehead atoms. The van der Waals surface area contributed by atoms with Gasteiger partial charge < -0.3 is 10.6 Å². The van der Waals surface area contributed by atoms with E-state index in [1.54, 1.807) is 18.4 Å². The first-order valence-electron chi connectivity index (χ1n) is 8.27. The summed E-state index contributed by atoms with van der Waals surface area (Å²) < 4.78 is 0. The van der Waals surface area contributed by atoms with Gasteiger partial charge in [-0.25, -0.2) is 4.98 Å². The molecule has 1 aromatic carbocycles. The predicted molar refractivity (Wildman–Crippen MR) is 119 cm³/mol. The Balaban J connectivity index is 0.00000312. The van der Waals surface area contributed by atoms with Crippen molar-refractivity contribution in [2.24, 2.45) is 4.99 Å². The Hall–Kier alpha value is -1.15. The van der Waals surface area contributed by atoms with Crippen LogP contribution in [0.2, 0.25) is 0 Å². The highest BCUT2D eigenvalue weighted by Gasteiger charge is 2.22. The first-order chi connectivity index (χ1) is 11.3. The number of hydrogen-bond donors (Lipinski definition) is 2. The van der Waals surface area contributed by atoms with Gasteiger partial charge in [-0.15, -0.1) is 35.3 Å². The van der Waals surface area contributed by atoms with Crippen LogP contribution in [0.15, 0.2) is 29.3 Å². The molecule has 1 aromatic heterocycles. The molecule has 6 heteroatoms. The van der Waals surface area contributed by atoms with Crippen LogP contribution in [0.5, 0.6) is 0 Å². The Morgan fingerprint density at radius 2 is 1.84 bits per heavy atom. The van der Waals surface area contributed by atoms with E-state index in [4.69, 9.17) is 0 Å². The van der Waals surface area contributed by atoms with Gasteiger partial charge >= 0.3 is 0 Å². The minimum Gasteiger partial charge on any atom is -0.356 e. The summed E-state index contributed by atoms with van der Waals surface area (Å²) in [4.78, 5) is 10.1. The van der Waals surface area contributed by atoms with Gasteiger partial charge in [0.1, 0.15) is 0 Å². The van der Waals surface area contributed by atoms with Crippen LogP contribution in [-0.2, 0) is 12.0 Å². The fraction of sp³-hybridized carbons (Fsp3) is 0.474. The van der Waals surface area contributed by atoms with Crippen LogP contribution in [0.1, 0.15) is 40.6 Å². The number of aromatic nitrogens is 1. The van der Waals surface area contributed by atoms with Gasteiger partial charge in [0.25, 0.3) is 0 Å². The standard InChI is InChI=1S/C19H28N4S.HI/c1-13-9-7-8-10-16(13)19(4,5)12-22-18(20-6)21-11-17-14(2)23-15(3)24-17;/h7-10H,11-12H2,1-6H3,(H2,20,21,22);1H. The third kappa shape index (κ3) is 5.95. The van der Waals surface area contributed by atoms with Gasteiger partial charge in [-0.1, -0.05) is 38.1 Å². The van der Waals surface area contributed by atoms with E-state index in [1.807, 2.05) is 6.92 Å². The van der Waals surface area contributed by atoms with Gasteiger partial charge in [0.05, 0.1) is 17.2 Å². The summed E-state index contributed by atoms with van der Waals surface area (Å²) in [6, 6.07) is 8.56. The van der Waals surface area contributed by atoms with Crippen LogP contribution in [0.25, 0.3) is 0 Å². The Labute approximate surface area is 172 Å². The SMILES string of the molecule is CN=C(NCc1sc(C)nc1C)NCC(C)(C)c1ccccc1C.I. The summed E-state index contributed by atoms with van der Waals surface area (Å²) in [5.74, 6) is 0.821. The Bertz CT molecular complexity index is 722. The second-order valence-corrected chi connectivity index (χ2v) is 8.01. The first-order valence-corrected chi connectivity index (χ1v) is 9.08. The maximum absolute atomic E-state index is 4.47. The van der Waals surface area contributed by atoms with E-state index in [0.717, 1.165) is 29.8 Å². The van der Waals surface area contributed by atoms with Crippen molar-refractivity contribution in [1.82, 2.24) is 15.6 Å². The summed E-state index contributed by atoms with van der Waals surface area (Å²) in [6.07, 6.45) is 0. The van der Waals surface area contributed by atoms with Crippen molar-refractivity contribution in [3.63, 3.8) is 0 Å². The zero-order valence-electron chi connectivity index (χ0n) is 15.9. The van der Waals surface area contributed by atoms with Gasteiger partial charge in [0.15, 0.2) is 5.96 Å². The molecule has 138 valence electrons. The third-order valence-electron chi connectivity index (χ3n) is 4.21. The lowest BCUT2D eigenvalue weighted by atomic mass is 9.82. The normalized spacial score (nSPS) is 11.8. The molecule has 0 atom stereocenters. The average molecular weight is 472 g/mol. The van der Waals surface area contributed by atoms with Crippen LogP contribution in [0.3, 0.4) is 0 Å². The van der Waals surface area contributed by atoms with Gasteiger partial charge in [0, 0.05) is 23.9 Å². The number of aliphatic imine (C=N–C) groups is 1. The number of guanidine groups is 1. The van der Waals surface area contributed by atoms with Crippen LogP contribution >= 0.6 is 35.3 Å². The number of benzene rings is 1. The van der Waals surface area contributed by atoms with Crippen LogP contribution in [0, 0.1) is 20.8 Å². The Kier molecular flexibility index (Phi) is 8.34. The molecular formula is C19H29IN4S. The molecule has 0 spiro atoms. The molecule has 0 fully saturated rings. The molecule has 0 aliphatic rings. The zero-order chi connectivity index (χ0) is 17.7. The monoisotopic (exact) mass is 472 g/mol. The second kappa shape index (κ2) is 9.52. The first kappa shape index (κ1) is 21.9. The van der Waals surface area contributed by atoms with E-state index in [1.165, 1.54) is 16.0 Å². The number of rotatable bonds is 5. The van der Waals surface area contributed by atoms with E-state index in [0.29, 0.717) is 0 Å². The van der Waals surface area contributed by atoms with Crippen molar-refractivity contribution in [3.8, 4) is 0 Å². The molecule has 1 heterocycles. The lowest BCUT2D eigenvalue weighted by molar-refractivity contribution is 0.506. The van der Waals surface area contributed by atoms with Crippen molar-refractivity contribution >= 4 is 41.3 Å². The highest BCUT2D eigenvalue weighted by molar-refractivity contribution is 14.0. The lowest BCUT2D eigenvalue weighted by Crippen LogP contribution is -2.43. The number of nitrogens with zero attached hydrogens (tertiary/aromatic N) is 2. The molecule has 0 aliphatic carbocycles. The quantitative estimate of drug-likeness (QED) is 0.387. The van der Waals surface area contributed by atoms with Crippen molar-refractivity contribution in [3.05, 3.63) is 51.0 Å². The summed E-state index contributed by atoms with van der Waals surface area (Å²) in [5, 5.41) is 7.95. The summed E-state index contributed by atoms with van der Waals surface area (Å²) >= 11 is 1.73. The molecule has 0 saturated carbocycles. The van der Waals surface area contributed by atoms with Crippen LogP contribution in [0.4, 0.5) is 0 Å².